The van der Waals surface area contributed by atoms with Crippen LogP contribution in [0, 0.1) is 0 Å². The van der Waals surface area contributed by atoms with E-state index >= 15 is 0 Å². The third-order valence-corrected chi connectivity index (χ3v) is 5.37. The maximum Gasteiger partial charge on any atom is 0.338 e. The van der Waals surface area contributed by atoms with E-state index in [2.05, 4.69) is 0 Å². The van der Waals surface area contributed by atoms with Crippen LogP contribution >= 0.6 is 0 Å². The van der Waals surface area contributed by atoms with E-state index in [-0.39, 0.29) is 6.61 Å². The van der Waals surface area contributed by atoms with Crippen molar-refractivity contribution in [3.05, 3.63) is 144 Å². The van der Waals surface area contributed by atoms with Crippen molar-refractivity contribution in [1.82, 2.24) is 0 Å². The van der Waals surface area contributed by atoms with E-state index in [1.807, 2.05) is 6.07 Å². The molecule has 2 atom stereocenters. The summed E-state index contributed by atoms with van der Waals surface area (Å²) in [6.07, 6.45) is -2.14. The van der Waals surface area contributed by atoms with Crippen molar-refractivity contribution >= 4 is 17.9 Å². The Kier molecular flexibility index (Phi) is 8.22. The lowest BCUT2D eigenvalue weighted by molar-refractivity contribution is -0.0592. The second-order valence-corrected chi connectivity index (χ2v) is 7.88. The van der Waals surface area contributed by atoms with E-state index in [9.17, 15) is 14.4 Å². The SMILES string of the molecule is O=C(OCC(OC(=O)c1ccccc1)C(OC(=O)c1ccccc1)c1ccccc1)c1ccccc1. The fraction of sp³-hybridized carbons (Fsp3) is 0.100. The second kappa shape index (κ2) is 12.1. The van der Waals surface area contributed by atoms with Gasteiger partial charge in [-0.2, -0.15) is 0 Å². The van der Waals surface area contributed by atoms with Gasteiger partial charge in [0.1, 0.15) is 6.61 Å². The van der Waals surface area contributed by atoms with Gasteiger partial charge in [-0.15, -0.1) is 0 Å². The summed E-state index contributed by atoms with van der Waals surface area (Å²) in [5.41, 5.74) is 1.59. The molecule has 0 aliphatic carbocycles. The molecule has 0 aliphatic heterocycles. The highest BCUT2D eigenvalue weighted by atomic mass is 16.6. The van der Waals surface area contributed by atoms with Crippen LogP contribution in [-0.4, -0.2) is 30.6 Å². The first kappa shape index (κ1) is 24.4. The molecule has 0 spiro atoms. The Bertz CT molecular complexity index is 1270. The highest BCUT2D eigenvalue weighted by Crippen LogP contribution is 2.27. The lowest BCUT2D eigenvalue weighted by Gasteiger charge is -2.27. The molecule has 0 saturated heterocycles. The molecule has 4 aromatic carbocycles. The maximum atomic E-state index is 13.0. The Morgan fingerprint density at radius 1 is 0.500 bits per heavy atom. The van der Waals surface area contributed by atoms with Crippen LogP contribution < -0.4 is 0 Å². The van der Waals surface area contributed by atoms with E-state index in [4.69, 9.17) is 14.2 Å². The predicted molar refractivity (Wildman–Crippen MR) is 133 cm³/mol. The van der Waals surface area contributed by atoms with Gasteiger partial charge in [0.2, 0.25) is 0 Å². The average Bonchev–Trinajstić information content (AvgIpc) is 2.95. The van der Waals surface area contributed by atoms with Crippen molar-refractivity contribution in [2.24, 2.45) is 0 Å². The van der Waals surface area contributed by atoms with Gasteiger partial charge in [0, 0.05) is 0 Å². The van der Waals surface area contributed by atoms with Crippen LogP contribution in [0.5, 0.6) is 0 Å². The fourth-order valence-corrected chi connectivity index (χ4v) is 3.54. The maximum absolute atomic E-state index is 13.0. The number of carbonyl (C=O) groups is 3. The van der Waals surface area contributed by atoms with E-state index in [0.29, 0.717) is 22.3 Å². The van der Waals surface area contributed by atoms with Crippen molar-refractivity contribution in [2.45, 2.75) is 12.2 Å². The normalized spacial score (nSPS) is 12.1. The van der Waals surface area contributed by atoms with Gasteiger partial charge in [0.05, 0.1) is 16.7 Å². The number of carbonyl (C=O) groups excluding carboxylic acids is 3. The van der Waals surface area contributed by atoms with Crippen LogP contribution in [0.25, 0.3) is 0 Å². The summed E-state index contributed by atoms with van der Waals surface area (Å²) in [7, 11) is 0. The van der Waals surface area contributed by atoms with E-state index in [1.165, 1.54) is 0 Å². The Morgan fingerprint density at radius 3 is 1.36 bits per heavy atom. The summed E-state index contributed by atoms with van der Waals surface area (Å²) in [6.45, 7) is -0.325. The summed E-state index contributed by atoms with van der Waals surface area (Å²) in [4.78, 5) is 38.6. The van der Waals surface area contributed by atoms with Gasteiger partial charge in [-0.05, 0) is 42.0 Å². The standard InChI is InChI=1S/C30H24O6/c31-28(23-15-7-2-8-16-23)34-21-26(35-29(32)24-17-9-3-10-18-24)27(22-13-5-1-6-14-22)36-30(33)25-19-11-4-12-20-25/h1-20,26-27H,21H2. The third kappa shape index (κ3) is 6.45. The first-order chi connectivity index (χ1) is 17.6. The van der Waals surface area contributed by atoms with E-state index in [1.54, 1.807) is 115 Å². The number of hydrogen-bond donors (Lipinski definition) is 0. The minimum Gasteiger partial charge on any atom is -0.458 e. The Hall–Kier alpha value is -4.71. The Morgan fingerprint density at radius 2 is 0.889 bits per heavy atom. The third-order valence-electron chi connectivity index (χ3n) is 5.37. The van der Waals surface area contributed by atoms with Gasteiger partial charge in [-0.25, -0.2) is 14.4 Å². The molecule has 6 nitrogen and oxygen atoms in total. The van der Waals surface area contributed by atoms with Crippen molar-refractivity contribution < 1.29 is 28.6 Å². The first-order valence-corrected chi connectivity index (χ1v) is 11.4. The molecule has 0 aliphatic rings. The number of esters is 3. The molecule has 2 unspecified atom stereocenters. The van der Waals surface area contributed by atoms with Gasteiger partial charge in [0.15, 0.2) is 12.2 Å². The molecule has 0 amide bonds. The molecule has 4 rings (SSSR count). The first-order valence-electron chi connectivity index (χ1n) is 11.4. The number of rotatable bonds is 9. The van der Waals surface area contributed by atoms with E-state index in [0.717, 1.165) is 0 Å². The van der Waals surface area contributed by atoms with Crippen LogP contribution in [0.2, 0.25) is 0 Å². The molecule has 0 saturated carbocycles. The molecule has 0 radical (unpaired) electrons. The fourth-order valence-electron chi connectivity index (χ4n) is 3.54. The predicted octanol–water partition coefficient (Wildman–Crippen LogP) is 5.67. The minimum atomic E-state index is -1.11. The molecule has 180 valence electrons. The average molecular weight is 481 g/mol. The van der Waals surface area contributed by atoms with Crippen LogP contribution in [0.4, 0.5) is 0 Å². The Labute approximate surface area is 209 Å². The summed E-state index contributed by atoms with van der Waals surface area (Å²) >= 11 is 0. The molecule has 0 heterocycles. The highest BCUT2D eigenvalue weighted by molar-refractivity contribution is 5.91. The van der Waals surface area contributed by atoms with Gasteiger partial charge < -0.3 is 14.2 Å². The molecule has 0 fully saturated rings. The zero-order valence-corrected chi connectivity index (χ0v) is 19.4. The smallest absolute Gasteiger partial charge is 0.338 e. The summed E-state index contributed by atoms with van der Waals surface area (Å²) in [5, 5.41) is 0. The van der Waals surface area contributed by atoms with Gasteiger partial charge in [0.25, 0.3) is 0 Å². The Balaban J connectivity index is 1.63. The topological polar surface area (TPSA) is 78.9 Å². The number of hydrogen-bond acceptors (Lipinski definition) is 6. The van der Waals surface area contributed by atoms with Crippen molar-refractivity contribution in [3.8, 4) is 0 Å². The summed E-state index contributed by atoms with van der Waals surface area (Å²) in [5.74, 6) is -1.81. The molecule has 0 N–H and O–H groups in total. The van der Waals surface area contributed by atoms with Crippen LogP contribution in [0.1, 0.15) is 42.7 Å². The number of ether oxygens (including phenoxy) is 3. The lowest BCUT2D eigenvalue weighted by Crippen LogP contribution is -2.34. The molecule has 4 aromatic rings. The zero-order chi connectivity index (χ0) is 25.2. The zero-order valence-electron chi connectivity index (χ0n) is 19.4. The van der Waals surface area contributed by atoms with Crippen LogP contribution in [-0.2, 0) is 14.2 Å². The van der Waals surface area contributed by atoms with Crippen LogP contribution in [0.15, 0.2) is 121 Å². The molecular formula is C30H24O6. The monoisotopic (exact) mass is 480 g/mol. The minimum absolute atomic E-state index is 0.318. The molecule has 6 heteroatoms. The quantitative estimate of drug-likeness (QED) is 0.227. The molecule has 0 aromatic heterocycles. The van der Waals surface area contributed by atoms with Gasteiger partial charge in [-0.1, -0.05) is 84.9 Å². The second-order valence-electron chi connectivity index (χ2n) is 7.88. The van der Waals surface area contributed by atoms with Gasteiger partial charge in [-0.3, -0.25) is 0 Å². The van der Waals surface area contributed by atoms with Crippen molar-refractivity contribution in [1.29, 1.82) is 0 Å². The lowest BCUT2D eigenvalue weighted by atomic mass is 10.0. The van der Waals surface area contributed by atoms with Gasteiger partial charge >= 0.3 is 17.9 Å². The van der Waals surface area contributed by atoms with Crippen molar-refractivity contribution in [2.75, 3.05) is 6.61 Å². The largest absolute Gasteiger partial charge is 0.458 e. The van der Waals surface area contributed by atoms with Crippen LogP contribution in [0.3, 0.4) is 0 Å². The highest BCUT2D eigenvalue weighted by Gasteiger charge is 2.32. The molecule has 36 heavy (non-hydrogen) atoms. The summed E-state index contributed by atoms with van der Waals surface area (Å²) < 4.78 is 17.1. The van der Waals surface area contributed by atoms with Crippen molar-refractivity contribution in [3.63, 3.8) is 0 Å². The number of benzene rings is 4. The van der Waals surface area contributed by atoms with E-state index < -0.39 is 30.1 Å². The summed E-state index contributed by atoms with van der Waals surface area (Å²) in [6, 6.07) is 34.3. The molecular weight excluding hydrogens is 456 g/mol. The molecule has 0 bridgehead atoms.